The SMILES string of the molecule is CC1(C)CCCN(CCCOCC(F)(F)F)C1C(=O)O. The predicted molar refractivity (Wildman–Crippen MR) is 67.5 cm³/mol. The zero-order chi connectivity index (χ0) is 15.4. The van der Waals surface area contributed by atoms with Gasteiger partial charge in [0.2, 0.25) is 0 Å². The molecule has 1 unspecified atom stereocenters. The number of carbonyl (C=O) groups is 1. The number of halogens is 3. The smallest absolute Gasteiger partial charge is 0.411 e. The molecule has 0 bridgehead atoms. The highest BCUT2D eigenvalue weighted by Gasteiger charge is 2.42. The number of hydrogen-bond donors (Lipinski definition) is 1. The van der Waals surface area contributed by atoms with Gasteiger partial charge >= 0.3 is 12.1 Å². The van der Waals surface area contributed by atoms with Crippen LogP contribution in [0.4, 0.5) is 13.2 Å². The van der Waals surface area contributed by atoms with Crippen molar-refractivity contribution in [3.8, 4) is 0 Å². The summed E-state index contributed by atoms with van der Waals surface area (Å²) in [6.07, 6.45) is -2.17. The van der Waals surface area contributed by atoms with Crippen molar-refractivity contribution in [1.82, 2.24) is 4.90 Å². The van der Waals surface area contributed by atoms with Gasteiger partial charge in [0.1, 0.15) is 12.6 Å². The van der Waals surface area contributed by atoms with Crippen LogP contribution in [0.5, 0.6) is 0 Å². The minimum Gasteiger partial charge on any atom is -0.480 e. The van der Waals surface area contributed by atoms with Gasteiger partial charge in [-0.2, -0.15) is 13.2 Å². The quantitative estimate of drug-likeness (QED) is 0.765. The summed E-state index contributed by atoms with van der Waals surface area (Å²) in [7, 11) is 0. The van der Waals surface area contributed by atoms with Gasteiger partial charge in [-0.15, -0.1) is 0 Å². The summed E-state index contributed by atoms with van der Waals surface area (Å²) in [6.45, 7) is 3.68. The molecule has 1 N–H and O–H groups in total. The molecule has 0 aliphatic carbocycles. The van der Waals surface area contributed by atoms with Crippen molar-refractivity contribution in [3.05, 3.63) is 0 Å². The minimum atomic E-state index is -4.31. The molecule has 0 saturated carbocycles. The molecule has 1 fully saturated rings. The summed E-state index contributed by atoms with van der Waals surface area (Å²) in [5.74, 6) is -0.870. The number of ether oxygens (including phenoxy) is 1. The molecular weight excluding hydrogens is 275 g/mol. The van der Waals surface area contributed by atoms with Crippen LogP contribution in [0.15, 0.2) is 0 Å². The van der Waals surface area contributed by atoms with Gasteiger partial charge in [-0.05, 0) is 31.2 Å². The first kappa shape index (κ1) is 17.2. The molecule has 0 aromatic rings. The van der Waals surface area contributed by atoms with Crippen LogP contribution in [0, 0.1) is 5.41 Å². The Morgan fingerprint density at radius 2 is 2.10 bits per heavy atom. The Kier molecular flexibility index (Phi) is 5.82. The lowest BCUT2D eigenvalue weighted by atomic mass is 9.76. The topological polar surface area (TPSA) is 49.8 Å². The van der Waals surface area contributed by atoms with Crippen molar-refractivity contribution in [3.63, 3.8) is 0 Å². The van der Waals surface area contributed by atoms with Gasteiger partial charge in [0, 0.05) is 13.2 Å². The van der Waals surface area contributed by atoms with E-state index in [2.05, 4.69) is 4.74 Å². The van der Waals surface area contributed by atoms with Gasteiger partial charge in [-0.3, -0.25) is 9.69 Å². The molecule has 0 amide bonds. The number of aliphatic carboxylic acids is 1. The van der Waals surface area contributed by atoms with E-state index in [1.165, 1.54) is 0 Å². The fraction of sp³-hybridized carbons (Fsp3) is 0.923. The number of likely N-dealkylation sites (tertiary alicyclic amines) is 1. The van der Waals surface area contributed by atoms with E-state index < -0.39 is 24.8 Å². The lowest BCUT2D eigenvalue weighted by molar-refractivity contribution is -0.174. The van der Waals surface area contributed by atoms with Crippen molar-refractivity contribution in [2.24, 2.45) is 5.41 Å². The molecule has 1 saturated heterocycles. The Morgan fingerprint density at radius 3 is 2.65 bits per heavy atom. The van der Waals surface area contributed by atoms with Crippen molar-refractivity contribution in [2.45, 2.75) is 45.3 Å². The van der Waals surface area contributed by atoms with E-state index in [0.717, 1.165) is 12.8 Å². The fourth-order valence-corrected chi connectivity index (χ4v) is 2.79. The average Bonchev–Trinajstić information content (AvgIpc) is 2.24. The maximum absolute atomic E-state index is 11.9. The van der Waals surface area contributed by atoms with Crippen LogP contribution in [0.3, 0.4) is 0 Å². The predicted octanol–water partition coefficient (Wildman–Crippen LogP) is 2.53. The number of carboxylic acid groups (broad SMARTS) is 1. The monoisotopic (exact) mass is 297 g/mol. The van der Waals surface area contributed by atoms with Gasteiger partial charge in [0.05, 0.1) is 0 Å². The van der Waals surface area contributed by atoms with Gasteiger partial charge < -0.3 is 9.84 Å². The van der Waals surface area contributed by atoms with E-state index in [1.807, 2.05) is 18.7 Å². The number of carboxylic acids is 1. The van der Waals surface area contributed by atoms with Gasteiger partial charge in [-0.25, -0.2) is 0 Å². The lowest BCUT2D eigenvalue weighted by Crippen LogP contribution is -2.54. The van der Waals surface area contributed by atoms with Crippen LogP contribution in [-0.2, 0) is 9.53 Å². The second kappa shape index (κ2) is 6.76. The highest BCUT2D eigenvalue weighted by molar-refractivity contribution is 5.74. The minimum absolute atomic E-state index is 0.0111. The number of piperidine rings is 1. The zero-order valence-electron chi connectivity index (χ0n) is 11.9. The Bertz CT molecular complexity index is 331. The molecule has 1 atom stereocenters. The number of hydrogen-bond acceptors (Lipinski definition) is 3. The molecule has 20 heavy (non-hydrogen) atoms. The van der Waals surface area contributed by atoms with E-state index in [1.54, 1.807) is 0 Å². The Morgan fingerprint density at radius 1 is 1.45 bits per heavy atom. The first-order chi connectivity index (χ1) is 9.13. The Balaban J connectivity index is 2.39. The van der Waals surface area contributed by atoms with Crippen molar-refractivity contribution in [2.75, 3.05) is 26.3 Å². The van der Waals surface area contributed by atoms with Crippen LogP contribution in [-0.4, -0.2) is 54.5 Å². The first-order valence-corrected chi connectivity index (χ1v) is 6.75. The first-order valence-electron chi connectivity index (χ1n) is 6.75. The average molecular weight is 297 g/mol. The van der Waals surface area contributed by atoms with Gasteiger partial charge in [0.25, 0.3) is 0 Å². The fourth-order valence-electron chi connectivity index (χ4n) is 2.79. The molecule has 4 nitrogen and oxygen atoms in total. The van der Waals surface area contributed by atoms with Crippen LogP contribution in [0.2, 0.25) is 0 Å². The summed E-state index contributed by atoms with van der Waals surface area (Å²) in [6, 6.07) is -0.584. The summed E-state index contributed by atoms with van der Waals surface area (Å²) >= 11 is 0. The van der Waals surface area contributed by atoms with E-state index in [4.69, 9.17) is 0 Å². The number of nitrogens with zero attached hydrogens (tertiary/aromatic N) is 1. The maximum atomic E-state index is 11.9. The molecule has 7 heteroatoms. The molecule has 0 aromatic heterocycles. The molecule has 118 valence electrons. The second-order valence-electron chi connectivity index (χ2n) is 5.89. The van der Waals surface area contributed by atoms with E-state index in [9.17, 15) is 23.1 Å². The second-order valence-corrected chi connectivity index (χ2v) is 5.89. The van der Waals surface area contributed by atoms with E-state index in [0.29, 0.717) is 19.5 Å². The van der Waals surface area contributed by atoms with Crippen LogP contribution in [0.25, 0.3) is 0 Å². The highest BCUT2D eigenvalue weighted by atomic mass is 19.4. The van der Waals surface area contributed by atoms with Crippen LogP contribution >= 0.6 is 0 Å². The Labute approximate surface area is 116 Å². The third-order valence-corrected chi connectivity index (χ3v) is 3.61. The third-order valence-electron chi connectivity index (χ3n) is 3.61. The molecule has 1 heterocycles. The lowest BCUT2D eigenvalue weighted by Gasteiger charge is -2.44. The Hall–Kier alpha value is -0.820. The molecular formula is C13H22F3NO3. The molecule has 1 rings (SSSR count). The van der Waals surface area contributed by atoms with Gasteiger partial charge in [0.15, 0.2) is 0 Å². The highest BCUT2D eigenvalue weighted by Crippen LogP contribution is 2.35. The third kappa shape index (κ3) is 5.28. The van der Waals surface area contributed by atoms with Crippen molar-refractivity contribution < 1.29 is 27.8 Å². The maximum Gasteiger partial charge on any atom is 0.411 e. The summed E-state index contributed by atoms with van der Waals surface area (Å²) in [4.78, 5) is 13.2. The summed E-state index contributed by atoms with van der Waals surface area (Å²) in [5, 5.41) is 9.33. The molecule has 1 aliphatic rings. The van der Waals surface area contributed by atoms with E-state index in [-0.39, 0.29) is 12.0 Å². The number of rotatable bonds is 6. The van der Waals surface area contributed by atoms with Crippen molar-refractivity contribution >= 4 is 5.97 Å². The largest absolute Gasteiger partial charge is 0.480 e. The number of alkyl halides is 3. The van der Waals surface area contributed by atoms with Crippen LogP contribution in [0.1, 0.15) is 33.1 Å². The van der Waals surface area contributed by atoms with E-state index >= 15 is 0 Å². The van der Waals surface area contributed by atoms with Crippen molar-refractivity contribution in [1.29, 1.82) is 0 Å². The van der Waals surface area contributed by atoms with Crippen LogP contribution < -0.4 is 0 Å². The summed E-state index contributed by atoms with van der Waals surface area (Å²) < 4.78 is 40.2. The zero-order valence-corrected chi connectivity index (χ0v) is 11.9. The standard InChI is InChI=1S/C13H22F3NO3/c1-12(2)5-3-6-17(10(12)11(18)19)7-4-8-20-9-13(14,15)16/h10H,3-9H2,1-2H3,(H,18,19). The summed E-state index contributed by atoms with van der Waals surface area (Å²) in [5.41, 5.74) is -0.323. The molecule has 0 spiro atoms. The molecule has 0 aromatic carbocycles. The van der Waals surface area contributed by atoms with Gasteiger partial charge in [-0.1, -0.05) is 13.8 Å². The molecule has 1 aliphatic heterocycles. The normalized spacial score (nSPS) is 23.8. The molecule has 0 radical (unpaired) electrons.